The predicted octanol–water partition coefficient (Wildman–Crippen LogP) is 5.66. The average molecular weight is 271 g/mol. The lowest BCUT2D eigenvalue weighted by atomic mass is 9.88. The van der Waals surface area contributed by atoms with E-state index in [-0.39, 0.29) is 5.54 Å². The van der Waals surface area contributed by atoms with Gasteiger partial charge in [0.25, 0.3) is 0 Å². The molecular weight excluding hydrogens is 242 g/mol. The first kappa shape index (κ1) is 15.2. The molecule has 1 nitrogen and oxygen atoms in total. The number of hydrogen-bond acceptors (Lipinski definition) is 1. The van der Waals surface area contributed by atoms with Gasteiger partial charge < -0.3 is 5.32 Å². The van der Waals surface area contributed by atoms with E-state index in [9.17, 15) is 0 Å². The topological polar surface area (TPSA) is 12.0 Å². The van der Waals surface area contributed by atoms with Gasteiger partial charge in [0.05, 0.1) is 5.54 Å². The summed E-state index contributed by atoms with van der Waals surface area (Å²) in [6.07, 6.45) is 10.8. The Hall–Kier alpha value is -1.24. The quantitative estimate of drug-likeness (QED) is 0.703. The molecule has 1 aliphatic rings. The van der Waals surface area contributed by atoms with Crippen LogP contribution in [0.25, 0.3) is 6.08 Å². The summed E-state index contributed by atoms with van der Waals surface area (Å²) >= 11 is 0. The van der Waals surface area contributed by atoms with Crippen molar-refractivity contribution in [2.75, 3.05) is 5.32 Å². The van der Waals surface area contributed by atoms with Crippen LogP contribution >= 0.6 is 0 Å². The van der Waals surface area contributed by atoms with E-state index in [2.05, 4.69) is 63.4 Å². The molecule has 0 saturated carbocycles. The number of fused-ring (bicyclic) bond motifs is 1. The fourth-order valence-corrected chi connectivity index (χ4v) is 2.95. The third kappa shape index (κ3) is 3.88. The molecular formula is C19H29N. The van der Waals surface area contributed by atoms with E-state index in [1.807, 2.05) is 0 Å². The monoisotopic (exact) mass is 271 g/mol. The Balaban J connectivity index is 2.06. The molecule has 0 bridgehead atoms. The van der Waals surface area contributed by atoms with Crippen LogP contribution in [0.1, 0.15) is 64.5 Å². The zero-order valence-corrected chi connectivity index (χ0v) is 13.5. The van der Waals surface area contributed by atoms with Gasteiger partial charge in [0.15, 0.2) is 0 Å². The number of benzene rings is 1. The summed E-state index contributed by atoms with van der Waals surface area (Å²) in [6, 6.07) is 6.84. The fourth-order valence-electron chi connectivity index (χ4n) is 2.95. The lowest BCUT2D eigenvalue weighted by molar-refractivity contribution is 0.478. The van der Waals surface area contributed by atoms with Gasteiger partial charge in [0, 0.05) is 5.69 Å². The molecule has 110 valence electrons. The molecule has 0 radical (unpaired) electrons. The van der Waals surface area contributed by atoms with E-state index in [1.165, 1.54) is 48.9 Å². The summed E-state index contributed by atoms with van der Waals surface area (Å²) < 4.78 is 0. The molecule has 0 aliphatic carbocycles. The van der Waals surface area contributed by atoms with E-state index in [0.717, 1.165) is 5.92 Å². The predicted molar refractivity (Wildman–Crippen MR) is 90.2 cm³/mol. The van der Waals surface area contributed by atoms with Crippen LogP contribution in [-0.4, -0.2) is 5.54 Å². The van der Waals surface area contributed by atoms with Crippen molar-refractivity contribution < 1.29 is 0 Å². The first-order valence-corrected chi connectivity index (χ1v) is 8.13. The van der Waals surface area contributed by atoms with E-state index in [4.69, 9.17) is 0 Å². The molecule has 0 aromatic heterocycles. The molecule has 1 heterocycles. The number of nitrogens with one attached hydrogen (secondary N) is 1. The zero-order chi connectivity index (χ0) is 14.6. The summed E-state index contributed by atoms with van der Waals surface area (Å²) in [4.78, 5) is 0. The maximum absolute atomic E-state index is 3.76. The van der Waals surface area contributed by atoms with Gasteiger partial charge in [-0.2, -0.15) is 0 Å². The maximum atomic E-state index is 3.76. The third-order valence-electron chi connectivity index (χ3n) is 4.18. The van der Waals surface area contributed by atoms with Crippen molar-refractivity contribution >= 4 is 11.8 Å². The molecule has 20 heavy (non-hydrogen) atoms. The van der Waals surface area contributed by atoms with Crippen LogP contribution in [0.3, 0.4) is 0 Å². The summed E-state index contributed by atoms with van der Waals surface area (Å²) in [7, 11) is 0. The Kier molecular flexibility index (Phi) is 4.91. The largest absolute Gasteiger partial charge is 0.376 e. The van der Waals surface area contributed by atoms with Crippen LogP contribution in [0.4, 0.5) is 5.69 Å². The molecule has 1 heteroatoms. The molecule has 1 unspecified atom stereocenters. The molecule has 1 atom stereocenters. The summed E-state index contributed by atoms with van der Waals surface area (Å²) in [5.74, 6) is 0.801. The third-order valence-corrected chi connectivity index (χ3v) is 4.18. The van der Waals surface area contributed by atoms with Crippen molar-refractivity contribution in [1.29, 1.82) is 0 Å². The molecule has 1 aromatic carbocycles. The van der Waals surface area contributed by atoms with Crippen molar-refractivity contribution in [3.63, 3.8) is 0 Å². The molecule has 1 aliphatic heterocycles. The SMILES string of the molecule is CCCc1ccc2c(c1)NC(C)(CCCC(C)C)C=C2. The van der Waals surface area contributed by atoms with Gasteiger partial charge in [-0.05, 0) is 42.9 Å². The lowest BCUT2D eigenvalue weighted by Crippen LogP contribution is -2.34. The molecule has 2 rings (SSSR count). The average Bonchev–Trinajstić information content (AvgIpc) is 2.38. The summed E-state index contributed by atoms with van der Waals surface area (Å²) in [6.45, 7) is 9.17. The van der Waals surface area contributed by atoms with Gasteiger partial charge in [-0.3, -0.25) is 0 Å². The molecule has 1 aromatic rings. The number of aryl methyl sites for hydroxylation is 1. The van der Waals surface area contributed by atoms with Crippen LogP contribution < -0.4 is 5.32 Å². The van der Waals surface area contributed by atoms with E-state index in [0.29, 0.717) is 0 Å². The minimum Gasteiger partial charge on any atom is -0.376 e. The van der Waals surface area contributed by atoms with Crippen molar-refractivity contribution in [3.8, 4) is 0 Å². The van der Waals surface area contributed by atoms with Crippen LogP contribution in [0.2, 0.25) is 0 Å². The minimum atomic E-state index is 0.118. The van der Waals surface area contributed by atoms with Gasteiger partial charge in [-0.1, -0.05) is 64.3 Å². The Bertz CT molecular complexity index is 473. The van der Waals surface area contributed by atoms with Gasteiger partial charge in [0.1, 0.15) is 0 Å². The van der Waals surface area contributed by atoms with Gasteiger partial charge in [-0.25, -0.2) is 0 Å². The molecule has 0 saturated heterocycles. The fraction of sp³-hybridized carbons (Fsp3) is 0.579. The summed E-state index contributed by atoms with van der Waals surface area (Å²) in [5.41, 5.74) is 4.20. The number of hydrogen-bond donors (Lipinski definition) is 1. The van der Waals surface area contributed by atoms with Crippen molar-refractivity contribution in [3.05, 3.63) is 35.4 Å². The van der Waals surface area contributed by atoms with Crippen molar-refractivity contribution in [2.45, 2.75) is 65.3 Å². The second-order valence-corrected chi connectivity index (χ2v) is 6.83. The normalized spacial score (nSPS) is 20.9. The van der Waals surface area contributed by atoms with E-state index < -0.39 is 0 Å². The molecule has 0 amide bonds. The zero-order valence-electron chi connectivity index (χ0n) is 13.5. The Morgan fingerprint density at radius 1 is 1.25 bits per heavy atom. The van der Waals surface area contributed by atoms with Gasteiger partial charge in [0.2, 0.25) is 0 Å². The first-order valence-electron chi connectivity index (χ1n) is 8.13. The van der Waals surface area contributed by atoms with Gasteiger partial charge in [-0.15, -0.1) is 0 Å². The highest BCUT2D eigenvalue weighted by Gasteiger charge is 2.24. The first-order chi connectivity index (χ1) is 9.52. The summed E-state index contributed by atoms with van der Waals surface area (Å²) in [5, 5.41) is 3.76. The van der Waals surface area contributed by atoms with Crippen molar-refractivity contribution in [2.24, 2.45) is 5.92 Å². The van der Waals surface area contributed by atoms with Crippen LogP contribution in [0.5, 0.6) is 0 Å². The van der Waals surface area contributed by atoms with Crippen LogP contribution in [0, 0.1) is 5.92 Å². The minimum absolute atomic E-state index is 0.118. The van der Waals surface area contributed by atoms with Crippen molar-refractivity contribution in [1.82, 2.24) is 0 Å². The molecule has 0 fully saturated rings. The van der Waals surface area contributed by atoms with Gasteiger partial charge >= 0.3 is 0 Å². The Morgan fingerprint density at radius 3 is 2.75 bits per heavy atom. The molecule has 0 spiro atoms. The highest BCUT2D eigenvalue weighted by Crippen LogP contribution is 2.32. The number of anilines is 1. The standard InChI is InChI=1S/C19H29N/c1-5-7-16-9-10-17-11-13-19(4,20-18(17)14-16)12-6-8-15(2)3/h9-11,13-15,20H,5-8,12H2,1-4H3. The highest BCUT2D eigenvalue weighted by molar-refractivity contribution is 5.72. The Morgan fingerprint density at radius 2 is 2.05 bits per heavy atom. The highest BCUT2D eigenvalue weighted by atomic mass is 15.0. The lowest BCUT2D eigenvalue weighted by Gasteiger charge is -2.33. The Labute approximate surface area is 124 Å². The number of rotatable bonds is 6. The maximum Gasteiger partial charge on any atom is 0.0531 e. The smallest absolute Gasteiger partial charge is 0.0531 e. The van der Waals surface area contributed by atoms with Crippen LogP contribution in [0.15, 0.2) is 24.3 Å². The molecule has 1 N–H and O–H groups in total. The second kappa shape index (κ2) is 6.47. The van der Waals surface area contributed by atoms with E-state index >= 15 is 0 Å². The van der Waals surface area contributed by atoms with E-state index in [1.54, 1.807) is 0 Å². The second-order valence-electron chi connectivity index (χ2n) is 6.83. The van der Waals surface area contributed by atoms with Crippen LogP contribution in [-0.2, 0) is 6.42 Å².